The van der Waals surface area contributed by atoms with Crippen LogP contribution in [0.25, 0.3) is 0 Å². The normalized spacial score (nSPS) is 11.8. The molecule has 95 valence electrons. The van der Waals surface area contributed by atoms with Gasteiger partial charge < -0.3 is 4.90 Å². The summed E-state index contributed by atoms with van der Waals surface area (Å²) in [5, 5.41) is 0. The van der Waals surface area contributed by atoms with Crippen LogP contribution >= 0.6 is 0 Å². The lowest BCUT2D eigenvalue weighted by atomic mass is 10.1. The highest BCUT2D eigenvalue weighted by molar-refractivity contribution is 7.80. The second-order valence-electron chi connectivity index (χ2n) is 3.84. The summed E-state index contributed by atoms with van der Waals surface area (Å²) >= 11 is 0. The number of carbonyl (C=O) groups excluding carboxylic acids is 1. The molecule has 6 nitrogen and oxygen atoms in total. The number of rotatable bonds is 7. The highest BCUT2D eigenvalue weighted by Crippen LogP contribution is 2.04. The Morgan fingerprint density at radius 3 is 2.50 bits per heavy atom. The van der Waals surface area contributed by atoms with E-state index in [-0.39, 0.29) is 19.1 Å². The van der Waals surface area contributed by atoms with Crippen LogP contribution in [-0.2, 0) is 19.4 Å². The third kappa shape index (κ3) is 8.63. The van der Waals surface area contributed by atoms with Crippen molar-refractivity contribution in [3.05, 3.63) is 6.42 Å². The molecule has 0 unspecified atom stereocenters. The topological polar surface area (TPSA) is 83.9 Å². The number of amides is 1. The molecule has 7 heteroatoms. The molecule has 0 saturated carbocycles. The van der Waals surface area contributed by atoms with E-state index in [0.29, 0.717) is 12.3 Å². The van der Waals surface area contributed by atoms with E-state index in [4.69, 9.17) is 4.55 Å². The number of hydrogen-bond donors (Lipinski definition) is 1. The van der Waals surface area contributed by atoms with E-state index in [2.05, 4.69) is 4.18 Å². The average molecular weight is 252 g/mol. The summed E-state index contributed by atoms with van der Waals surface area (Å²) in [6.45, 7) is 3.83. The fourth-order valence-corrected chi connectivity index (χ4v) is 1.17. The van der Waals surface area contributed by atoms with E-state index in [1.165, 1.54) is 18.4 Å². The van der Waals surface area contributed by atoms with Gasteiger partial charge in [-0.3, -0.25) is 9.35 Å². The second-order valence-corrected chi connectivity index (χ2v) is 4.93. The summed E-state index contributed by atoms with van der Waals surface area (Å²) in [5.74, 6) is 0.207. The largest absolute Gasteiger partial charge is 0.397 e. The molecular formula is C9H18NO5S. The Labute approximate surface area is 96.5 Å². The molecule has 16 heavy (non-hydrogen) atoms. The maximum Gasteiger partial charge on any atom is 0.397 e. The number of nitrogens with zero attached hydrogens (tertiary/aromatic N) is 1. The van der Waals surface area contributed by atoms with Gasteiger partial charge in [-0.05, 0) is 12.3 Å². The van der Waals surface area contributed by atoms with Gasteiger partial charge in [0.2, 0.25) is 5.91 Å². The lowest BCUT2D eigenvalue weighted by Crippen LogP contribution is -2.31. The molecule has 0 aliphatic rings. The Balaban J connectivity index is 3.80. The molecule has 0 heterocycles. The number of likely N-dealkylation sites (N-methyl/N-ethyl adjacent to an activating group) is 1. The molecule has 1 amide bonds. The van der Waals surface area contributed by atoms with Crippen LogP contribution in [-0.4, -0.2) is 44.0 Å². The Morgan fingerprint density at radius 1 is 1.50 bits per heavy atom. The van der Waals surface area contributed by atoms with Crippen molar-refractivity contribution < 1.29 is 21.9 Å². The molecule has 0 aromatic carbocycles. The van der Waals surface area contributed by atoms with Gasteiger partial charge in [0.25, 0.3) is 0 Å². The molecule has 0 spiro atoms. The van der Waals surface area contributed by atoms with Crippen molar-refractivity contribution in [2.24, 2.45) is 5.92 Å². The first-order valence-electron chi connectivity index (χ1n) is 4.92. The average Bonchev–Trinajstić information content (AvgIpc) is 2.11. The minimum absolute atomic E-state index is 0.104. The standard InChI is InChI=1S/C9H18NO5S/c1-8(2)4-5-9(11)10(3)6-7-15-16(12,13)14/h5,8H,4,6-7H2,1-3H3,(H,12,13,14). The summed E-state index contributed by atoms with van der Waals surface area (Å²) in [7, 11) is -2.89. The third-order valence-electron chi connectivity index (χ3n) is 1.80. The van der Waals surface area contributed by atoms with Crippen LogP contribution in [0.2, 0.25) is 0 Å². The molecule has 0 bridgehead atoms. The van der Waals surface area contributed by atoms with Gasteiger partial charge in [0.05, 0.1) is 6.61 Å². The van der Waals surface area contributed by atoms with Crippen LogP contribution in [0.15, 0.2) is 0 Å². The lowest BCUT2D eigenvalue weighted by Gasteiger charge is -2.16. The zero-order chi connectivity index (χ0) is 12.8. The zero-order valence-electron chi connectivity index (χ0n) is 9.71. The highest BCUT2D eigenvalue weighted by Gasteiger charge is 2.11. The molecule has 0 aliphatic heterocycles. The van der Waals surface area contributed by atoms with Crippen LogP contribution in [0.1, 0.15) is 20.3 Å². The summed E-state index contributed by atoms with van der Waals surface area (Å²) in [6.07, 6.45) is 2.21. The van der Waals surface area contributed by atoms with Crippen molar-refractivity contribution in [3.8, 4) is 0 Å². The Kier molecular flexibility index (Phi) is 6.54. The van der Waals surface area contributed by atoms with Crippen LogP contribution in [0.5, 0.6) is 0 Å². The van der Waals surface area contributed by atoms with E-state index >= 15 is 0 Å². The van der Waals surface area contributed by atoms with Crippen LogP contribution < -0.4 is 0 Å². The SMILES string of the molecule is CC(C)C[CH]C(=O)N(C)CCOS(=O)(=O)O. The van der Waals surface area contributed by atoms with Gasteiger partial charge >= 0.3 is 10.4 Å². The zero-order valence-corrected chi connectivity index (χ0v) is 10.5. The predicted octanol–water partition coefficient (Wildman–Crippen LogP) is 0.515. The minimum atomic E-state index is -4.42. The van der Waals surface area contributed by atoms with E-state index in [0.717, 1.165) is 0 Å². The van der Waals surface area contributed by atoms with E-state index < -0.39 is 10.4 Å². The smallest absolute Gasteiger partial charge is 0.343 e. The number of carbonyl (C=O) groups is 1. The second kappa shape index (κ2) is 6.82. The maximum atomic E-state index is 11.4. The molecule has 0 aliphatic carbocycles. The maximum absolute atomic E-state index is 11.4. The van der Waals surface area contributed by atoms with Gasteiger partial charge in [0, 0.05) is 20.0 Å². The molecule has 0 saturated heterocycles. The van der Waals surface area contributed by atoms with E-state index in [1.54, 1.807) is 0 Å². The molecule has 0 aromatic heterocycles. The first kappa shape index (κ1) is 15.3. The molecule has 0 fully saturated rings. The molecule has 1 N–H and O–H groups in total. The van der Waals surface area contributed by atoms with Crippen molar-refractivity contribution in [3.63, 3.8) is 0 Å². The molecule has 0 rings (SSSR count). The molecule has 0 atom stereocenters. The van der Waals surface area contributed by atoms with Crippen molar-refractivity contribution >= 4 is 16.3 Å². The molecule has 0 aromatic rings. The van der Waals surface area contributed by atoms with Crippen molar-refractivity contribution in [1.82, 2.24) is 4.90 Å². The van der Waals surface area contributed by atoms with Gasteiger partial charge in [0.1, 0.15) is 0 Å². The molecule has 1 radical (unpaired) electrons. The van der Waals surface area contributed by atoms with Gasteiger partial charge in [-0.25, -0.2) is 4.18 Å². The quantitative estimate of drug-likeness (QED) is 0.668. The fourth-order valence-electron chi connectivity index (χ4n) is 0.882. The summed E-state index contributed by atoms with van der Waals surface area (Å²) < 4.78 is 32.8. The Morgan fingerprint density at radius 2 is 2.06 bits per heavy atom. The first-order valence-corrected chi connectivity index (χ1v) is 6.29. The summed E-state index contributed by atoms with van der Waals surface area (Å²) in [6, 6.07) is 0. The Hall–Kier alpha value is -0.660. The number of hydrogen-bond acceptors (Lipinski definition) is 4. The fraction of sp³-hybridized carbons (Fsp3) is 0.778. The Bertz CT molecular complexity index is 312. The van der Waals surface area contributed by atoms with Crippen molar-refractivity contribution in [1.29, 1.82) is 0 Å². The van der Waals surface area contributed by atoms with Crippen LogP contribution in [0.4, 0.5) is 0 Å². The monoisotopic (exact) mass is 252 g/mol. The first-order chi connectivity index (χ1) is 7.22. The van der Waals surface area contributed by atoms with Crippen molar-refractivity contribution in [2.75, 3.05) is 20.2 Å². The summed E-state index contributed by atoms with van der Waals surface area (Å²) in [4.78, 5) is 12.7. The van der Waals surface area contributed by atoms with E-state index in [9.17, 15) is 13.2 Å². The van der Waals surface area contributed by atoms with E-state index in [1.807, 2.05) is 13.8 Å². The predicted molar refractivity (Wildman–Crippen MR) is 58.9 cm³/mol. The van der Waals surface area contributed by atoms with Crippen LogP contribution in [0.3, 0.4) is 0 Å². The van der Waals surface area contributed by atoms with Gasteiger partial charge in [-0.15, -0.1) is 0 Å². The lowest BCUT2D eigenvalue weighted by molar-refractivity contribution is -0.126. The van der Waals surface area contributed by atoms with Gasteiger partial charge in [-0.1, -0.05) is 13.8 Å². The minimum Gasteiger partial charge on any atom is -0.343 e. The van der Waals surface area contributed by atoms with Gasteiger partial charge in [0.15, 0.2) is 0 Å². The molecular weight excluding hydrogens is 234 g/mol. The summed E-state index contributed by atoms with van der Waals surface area (Å²) in [5.41, 5.74) is 0. The highest BCUT2D eigenvalue weighted by atomic mass is 32.3. The van der Waals surface area contributed by atoms with Crippen LogP contribution in [0, 0.1) is 12.3 Å². The van der Waals surface area contributed by atoms with Crippen molar-refractivity contribution in [2.45, 2.75) is 20.3 Å². The third-order valence-corrected chi connectivity index (χ3v) is 2.26. The van der Waals surface area contributed by atoms with Gasteiger partial charge in [-0.2, -0.15) is 8.42 Å².